The lowest BCUT2D eigenvalue weighted by Crippen LogP contribution is -2.45. The zero-order valence-electron chi connectivity index (χ0n) is 13.4. The molecule has 3 rings (SSSR count). The lowest BCUT2D eigenvalue weighted by atomic mass is 9.87. The van der Waals surface area contributed by atoms with E-state index in [1.165, 1.54) is 5.56 Å². The van der Waals surface area contributed by atoms with Gasteiger partial charge in [-0.2, -0.15) is 4.98 Å². The molecule has 2 aromatic rings. The Labute approximate surface area is 130 Å². The maximum atomic E-state index is 10.1. The van der Waals surface area contributed by atoms with Gasteiger partial charge in [0.05, 0.1) is 6.10 Å². The Morgan fingerprint density at radius 1 is 1.36 bits per heavy atom. The number of benzene rings is 1. The molecule has 22 heavy (non-hydrogen) atoms. The van der Waals surface area contributed by atoms with Crippen LogP contribution in [0, 0.1) is 5.92 Å². The van der Waals surface area contributed by atoms with Gasteiger partial charge in [-0.05, 0) is 29.5 Å². The van der Waals surface area contributed by atoms with E-state index < -0.39 is 6.10 Å². The SMILES string of the molecule is CC(C)(C)c1ccc2oc(N3CC[C@H](CO)[C@@H](O)C3)nc2c1. The van der Waals surface area contributed by atoms with Crippen LogP contribution in [0.15, 0.2) is 22.6 Å². The predicted octanol–water partition coefficient (Wildman–Crippen LogP) is 2.30. The van der Waals surface area contributed by atoms with Crippen molar-refractivity contribution < 1.29 is 14.6 Å². The van der Waals surface area contributed by atoms with Crippen LogP contribution in [0.5, 0.6) is 0 Å². The molecule has 1 fully saturated rings. The highest BCUT2D eigenvalue weighted by Gasteiger charge is 2.29. The van der Waals surface area contributed by atoms with Gasteiger partial charge in [-0.1, -0.05) is 26.8 Å². The molecule has 0 bridgehead atoms. The molecular weight excluding hydrogens is 280 g/mol. The highest BCUT2D eigenvalue weighted by molar-refractivity contribution is 5.75. The summed E-state index contributed by atoms with van der Waals surface area (Å²) in [6, 6.07) is 6.66. The fourth-order valence-electron chi connectivity index (χ4n) is 2.88. The number of aliphatic hydroxyl groups excluding tert-OH is 2. The van der Waals surface area contributed by atoms with Gasteiger partial charge in [-0.3, -0.25) is 0 Å². The number of β-amino-alcohol motifs (C(OH)–C–C–N with tert-alkyl or cyclic N) is 1. The standard InChI is InChI=1S/C17H24N2O3/c1-17(2,3)12-4-5-15-13(8-12)18-16(22-15)19-7-6-11(10-20)14(21)9-19/h4-5,8,11,14,20-21H,6-7,9-10H2,1-3H3/t11-,14+/m1/s1. The molecule has 0 unspecified atom stereocenters. The first-order valence-electron chi connectivity index (χ1n) is 7.83. The molecule has 1 aliphatic rings. The van der Waals surface area contributed by atoms with Crippen LogP contribution in [-0.2, 0) is 5.41 Å². The van der Waals surface area contributed by atoms with Crippen LogP contribution >= 0.6 is 0 Å². The second-order valence-corrected chi connectivity index (χ2v) is 7.17. The number of fused-ring (bicyclic) bond motifs is 1. The van der Waals surface area contributed by atoms with Crippen LogP contribution in [0.1, 0.15) is 32.8 Å². The summed E-state index contributed by atoms with van der Waals surface area (Å²) in [7, 11) is 0. The monoisotopic (exact) mass is 304 g/mol. The first kappa shape index (κ1) is 15.3. The third kappa shape index (κ3) is 2.83. The highest BCUT2D eigenvalue weighted by Crippen LogP contribution is 2.30. The number of nitrogens with zero attached hydrogens (tertiary/aromatic N) is 2. The quantitative estimate of drug-likeness (QED) is 0.891. The summed E-state index contributed by atoms with van der Waals surface area (Å²) in [5.41, 5.74) is 2.91. The van der Waals surface area contributed by atoms with Crippen molar-refractivity contribution in [2.75, 3.05) is 24.6 Å². The molecule has 2 atom stereocenters. The third-order valence-electron chi connectivity index (χ3n) is 4.47. The Bertz CT molecular complexity index is 659. The Kier molecular flexibility index (Phi) is 3.87. The van der Waals surface area contributed by atoms with Crippen molar-refractivity contribution in [3.63, 3.8) is 0 Å². The maximum Gasteiger partial charge on any atom is 0.298 e. The zero-order chi connectivity index (χ0) is 15.9. The van der Waals surface area contributed by atoms with Gasteiger partial charge in [0.25, 0.3) is 6.01 Å². The minimum atomic E-state index is -0.543. The number of aliphatic hydroxyl groups is 2. The minimum absolute atomic E-state index is 0.0253. The van der Waals surface area contributed by atoms with Crippen molar-refractivity contribution in [2.45, 2.75) is 38.7 Å². The van der Waals surface area contributed by atoms with Crippen molar-refractivity contribution in [2.24, 2.45) is 5.92 Å². The summed E-state index contributed by atoms with van der Waals surface area (Å²) in [6.07, 6.45) is 0.197. The van der Waals surface area contributed by atoms with Crippen LogP contribution in [0.3, 0.4) is 0 Å². The molecule has 1 aromatic heterocycles. The molecule has 5 nitrogen and oxygen atoms in total. The van der Waals surface area contributed by atoms with Crippen LogP contribution in [0.25, 0.3) is 11.1 Å². The van der Waals surface area contributed by atoms with Gasteiger partial charge >= 0.3 is 0 Å². The van der Waals surface area contributed by atoms with Crippen molar-refractivity contribution in [3.8, 4) is 0 Å². The Hall–Kier alpha value is -1.59. The van der Waals surface area contributed by atoms with Gasteiger partial charge in [-0.15, -0.1) is 0 Å². The van der Waals surface area contributed by atoms with Crippen LogP contribution in [0.4, 0.5) is 6.01 Å². The topological polar surface area (TPSA) is 69.7 Å². The Balaban J connectivity index is 1.86. The number of oxazole rings is 1. The van der Waals surface area contributed by atoms with E-state index in [1.54, 1.807) is 0 Å². The molecule has 0 spiro atoms. The Morgan fingerprint density at radius 3 is 2.77 bits per heavy atom. The smallest absolute Gasteiger partial charge is 0.298 e. The minimum Gasteiger partial charge on any atom is -0.423 e. The Morgan fingerprint density at radius 2 is 2.14 bits per heavy atom. The maximum absolute atomic E-state index is 10.1. The summed E-state index contributed by atoms with van der Waals surface area (Å²) in [6.45, 7) is 7.73. The molecule has 1 aromatic carbocycles. The van der Waals surface area contributed by atoms with Crippen molar-refractivity contribution in [3.05, 3.63) is 23.8 Å². The fourth-order valence-corrected chi connectivity index (χ4v) is 2.88. The van der Waals surface area contributed by atoms with E-state index in [0.29, 0.717) is 12.6 Å². The number of hydrogen-bond acceptors (Lipinski definition) is 5. The van der Waals surface area contributed by atoms with Gasteiger partial charge in [0.2, 0.25) is 0 Å². The first-order chi connectivity index (χ1) is 10.4. The average Bonchev–Trinajstić information content (AvgIpc) is 2.89. The summed E-state index contributed by atoms with van der Waals surface area (Å²) in [5.74, 6) is -0.0480. The van der Waals surface area contributed by atoms with Gasteiger partial charge in [0.1, 0.15) is 5.52 Å². The van der Waals surface area contributed by atoms with E-state index in [9.17, 15) is 10.2 Å². The largest absolute Gasteiger partial charge is 0.423 e. The van der Waals surface area contributed by atoms with E-state index in [0.717, 1.165) is 24.1 Å². The van der Waals surface area contributed by atoms with E-state index in [4.69, 9.17) is 4.42 Å². The average molecular weight is 304 g/mol. The number of hydrogen-bond donors (Lipinski definition) is 2. The molecule has 2 N–H and O–H groups in total. The molecule has 1 aliphatic heterocycles. The molecule has 0 radical (unpaired) electrons. The van der Waals surface area contributed by atoms with E-state index >= 15 is 0 Å². The highest BCUT2D eigenvalue weighted by atomic mass is 16.4. The second-order valence-electron chi connectivity index (χ2n) is 7.17. The van der Waals surface area contributed by atoms with Gasteiger partial charge in [-0.25, -0.2) is 0 Å². The first-order valence-corrected chi connectivity index (χ1v) is 7.83. The second kappa shape index (κ2) is 5.56. The van der Waals surface area contributed by atoms with Crippen molar-refractivity contribution in [1.29, 1.82) is 0 Å². The van der Waals surface area contributed by atoms with E-state index in [-0.39, 0.29) is 17.9 Å². The van der Waals surface area contributed by atoms with Gasteiger partial charge in [0.15, 0.2) is 5.58 Å². The lowest BCUT2D eigenvalue weighted by molar-refractivity contribution is 0.0535. The molecule has 120 valence electrons. The molecule has 1 saturated heterocycles. The van der Waals surface area contributed by atoms with Crippen LogP contribution < -0.4 is 4.90 Å². The number of aromatic nitrogens is 1. The van der Waals surface area contributed by atoms with Crippen molar-refractivity contribution in [1.82, 2.24) is 4.98 Å². The zero-order valence-corrected chi connectivity index (χ0v) is 13.4. The fraction of sp³-hybridized carbons (Fsp3) is 0.588. The van der Waals surface area contributed by atoms with Gasteiger partial charge < -0.3 is 19.5 Å². The van der Waals surface area contributed by atoms with E-state index in [1.807, 2.05) is 11.0 Å². The summed E-state index contributed by atoms with van der Waals surface area (Å²) in [4.78, 5) is 6.53. The molecule has 0 amide bonds. The normalized spacial score (nSPS) is 23.2. The summed E-state index contributed by atoms with van der Waals surface area (Å²) < 4.78 is 5.83. The lowest BCUT2D eigenvalue weighted by Gasteiger charge is -2.33. The number of piperidine rings is 1. The summed E-state index contributed by atoms with van der Waals surface area (Å²) in [5, 5.41) is 19.3. The van der Waals surface area contributed by atoms with Crippen LogP contribution in [0.2, 0.25) is 0 Å². The molecular formula is C17H24N2O3. The van der Waals surface area contributed by atoms with Crippen molar-refractivity contribution >= 4 is 17.1 Å². The number of rotatable bonds is 2. The molecule has 0 saturated carbocycles. The van der Waals surface area contributed by atoms with Crippen LogP contribution in [-0.4, -0.2) is 41.0 Å². The number of anilines is 1. The third-order valence-corrected chi connectivity index (χ3v) is 4.47. The van der Waals surface area contributed by atoms with Gasteiger partial charge in [0, 0.05) is 25.6 Å². The van der Waals surface area contributed by atoms with E-state index in [2.05, 4.69) is 37.9 Å². The molecule has 2 heterocycles. The molecule has 5 heteroatoms. The summed E-state index contributed by atoms with van der Waals surface area (Å²) >= 11 is 0. The molecule has 0 aliphatic carbocycles. The predicted molar refractivity (Wildman–Crippen MR) is 86.1 cm³/mol.